The second-order valence-electron chi connectivity index (χ2n) is 9.39. The zero-order valence-corrected chi connectivity index (χ0v) is 19.0. The van der Waals surface area contributed by atoms with Gasteiger partial charge < -0.3 is 14.6 Å². The van der Waals surface area contributed by atoms with Crippen molar-refractivity contribution in [1.29, 1.82) is 0 Å². The second kappa shape index (κ2) is 7.78. The van der Waals surface area contributed by atoms with Crippen molar-refractivity contribution in [3.63, 3.8) is 0 Å². The van der Waals surface area contributed by atoms with Gasteiger partial charge in [0.25, 0.3) is 0 Å². The Morgan fingerprint density at radius 2 is 1.93 bits per heavy atom. The molecule has 3 rings (SSSR count). The van der Waals surface area contributed by atoms with Gasteiger partial charge in [-0.25, -0.2) is 4.79 Å². The van der Waals surface area contributed by atoms with E-state index in [0.717, 1.165) is 29.6 Å². The molecule has 1 unspecified atom stereocenters. The van der Waals surface area contributed by atoms with Gasteiger partial charge in [0.2, 0.25) is 0 Å². The van der Waals surface area contributed by atoms with E-state index >= 15 is 0 Å². The van der Waals surface area contributed by atoms with Crippen LogP contribution in [0.1, 0.15) is 68.7 Å². The van der Waals surface area contributed by atoms with Crippen molar-refractivity contribution < 1.29 is 9.90 Å². The van der Waals surface area contributed by atoms with Crippen LogP contribution in [0.4, 0.5) is 0 Å². The molecule has 5 heteroatoms. The van der Waals surface area contributed by atoms with Gasteiger partial charge in [-0.15, -0.1) is 0 Å². The zero-order chi connectivity index (χ0) is 22.4. The van der Waals surface area contributed by atoms with Crippen molar-refractivity contribution in [2.45, 2.75) is 54.0 Å². The number of rotatable bonds is 2. The normalized spacial score (nSPS) is 19.4. The van der Waals surface area contributed by atoms with Crippen molar-refractivity contribution in [3.05, 3.63) is 67.9 Å². The largest absolute Gasteiger partial charge is 0.477 e. The van der Waals surface area contributed by atoms with Crippen molar-refractivity contribution in [3.8, 4) is 0 Å². The average Bonchev–Trinajstić information content (AvgIpc) is 2.65. The molecule has 0 fully saturated rings. The number of carboxylic acid groups (broad SMARTS) is 1. The summed E-state index contributed by atoms with van der Waals surface area (Å²) in [5.41, 5.74) is 3.47. The average molecular weight is 409 g/mol. The lowest BCUT2D eigenvalue weighted by molar-refractivity contribution is 0.0693. The molecule has 0 spiro atoms. The van der Waals surface area contributed by atoms with E-state index < -0.39 is 11.4 Å². The number of hydrogen-bond acceptors (Lipinski definition) is 3. The van der Waals surface area contributed by atoms with E-state index in [9.17, 15) is 14.7 Å². The molecular formula is C25H32N2O3. The maximum absolute atomic E-state index is 12.7. The summed E-state index contributed by atoms with van der Waals surface area (Å²) >= 11 is 0. The summed E-state index contributed by atoms with van der Waals surface area (Å²) in [5, 5.41) is 11.8. The molecule has 0 radical (unpaired) electrons. The van der Waals surface area contributed by atoms with E-state index in [2.05, 4.69) is 65.6 Å². The molecule has 1 aliphatic heterocycles. The number of aryl methyl sites for hydroxylation is 1. The number of nitrogens with zero attached hydrogens (tertiary/aromatic N) is 2. The molecule has 1 aromatic carbocycles. The number of carbonyl (C=O) groups is 1. The minimum atomic E-state index is -1.19. The van der Waals surface area contributed by atoms with Crippen LogP contribution in [0.15, 0.2) is 35.3 Å². The van der Waals surface area contributed by atoms with Crippen molar-refractivity contribution in [1.82, 2.24) is 9.47 Å². The Bertz CT molecular complexity index is 1180. The fourth-order valence-corrected chi connectivity index (χ4v) is 4.44. The highest BCUT2D eigenvalue weighted by Crippen LogP contribution is 2.37. The molecule has 0 amide bonds. The SMILES string of the molecule is CC/C(C)=c1/c(C)ccc/c1=C1\c2cc(=O)c(C(=O)O)cn2C(C(C)(C)C)CN1C. The van der Waals surface area contributed by atoms with Gasteiger partial charge in [0, 0.05) is 31.1 Å². The molecule has 30 heavy (non-hydrogen) atoms. The third-order valence-corrected chi connectivity index (χ3v) is 6.20. The van der Waals surface area contributed by atoms with Gasteiger partial charge in [-0.05, 0) is 36.5 Å². The van der Waals surface area contributed by atoms with Gasteiger partial charge in [-0.3, -0.25) is 4.79 Å². The Balaban J connectivity index is 2.55. The van der Waals surface area contributed by atoms with Crippen LogP contribution in [-0.2, 0) is 0 Å². The summed E-state index contributed by atoms with van der Waals surface area (Å²) < 4.78 is 2.01. The van der Waals surface area contributed by atoms with Gasteiger partial charge >= 0.3 is 5.97 Å². The number of aromatic nitrogens is 1. The van der Waals surface area contributed by atoms with E-state index in [1.54, 1.807) is 0 Å². The third kappa shape index (κ3) is 3.69. The van der Waals surface area contributed by atoms with E-state index in [1.165, 1.54) is 28.6 Å². The molecule has 0 saturated heterocycles. The van der Waals surface area contributed by atoms with Gasteiger partial charge in [0.1, 0.15) is 5.56 Å². The third-order valence-electron chi connectivity index (χ3n) is 6.20. The lowest BCUT2D eigenvalue weighted by Gasteiger charge is -2.43. The van der Waals surface area contributed by atoms with Crippen LogP contribution in [0, 0.1) is 12.3 Å². The van der Waals surface area contributed by atoms with Crippen LogP contribution in [0.3, 0.4) is 0 Å². The zero-order valence-electron chi connectivity index (χ0n) is 19.0. The van der Waals surface area contributed by atoms with Gasteiger partial charge in [0.15, 0.2) is 5.43 Å². The molecule has 1 aromatic heterocycles. The molecule has 0 bridgehead atoms. The number of fused-ring (bicyclic) bond motifs is 1. The lowest BCUT2D eigenvalue weighted by Crippen LogP contribution is -2.46. The summed E-state index contributed by atoms with van der Waals surface area (Å²) in [6.07, 6.45) is 2.47. The Kier molecular flexibility index (Phi) is 5.68. The first kappa shape index (κ1) is 21.9. The summed E-state index contributed by atoms with van der Waals surface area (Å²) in [6, 6.07) is 7.79. The molecule has 0 aliphatic carbocycles. The fraction of sp³-hybridized carbons (Fsp3) is 0.440. The Morgan fingerprint density at radius 1 is 1.27 bits per heavy atom. The maximum atomic E-state index is 12.7. The number of hydrogen-bond donors (Lipinski definition) is 1. The first-order valence-electron chi connectivity index (χ1n) is 10.5. The van der Waals surface area contributed by atoms with Crippen LogP contribution < -0.4 is 15.9 Å². The lowest BCUT2D eigenvalue weighted by atomic mass is 9.84. The highest BCUT2D eigenvalue weighted by molar-refractivity contribution is 5.87. The molecule has 2 heterocycles. The molecule has 160 valence electrons. The van der Waals surface area contributed by atoms with Crippen molar-refractivity contribution in [2.75, 3.05) is 13.6 Å². The Morgan fingerprint density at radius 3 is 2.50 bits per heavy atom. The van der Waals surface area contributed by atoms with Crippen LogP contribution in [-0.4, -0.2) is 34.1 Å². The van der Waals surface area contributed by atoms with Crippen LogP contribution in [0.2, 0.25) is 0 Å². The summed E-state index contributed by atoms with van der Waals surface area (Å²) in [5.74, 6) is -1.19. The Labute approximate surface area is 178 Å². The summed E-state index contributed by atoms with van der Waals surface area (Å²) in [7, 11) is 2.06. The van der Waals surface area contributed by atoms with Crippen molar-refractivity contribution in [2.24, 2.45) is 5.41 Å². The molecule has 1 N–H and O–H groups in total. The molecule has 2 aromatic rings. The van der Waals surface area contributed by atoms with E-state index in [4.69, 9.17) is 0 Å². The topological polar surface area (TPSA) is 62.5 Å². The van der Waals surface area contributed by atoms with Gasteiger partial charge in [-0.2, -0.15) is 0 Å². The van der Waals surface area contributed by atoms with Crippen molar-refractivity contribution >= 4 is 17.2 Å². The highest BCUT2D eigenvalue weighted by Gasteiger charge is 2.35. The number of likely N-dealkylation sites (N-methyl/N-ethyl adjacent to an activating group) is 1. The summed E-state index contributed by atoms with van der Waals surface area (Å²) in [4.78, 5) is 26.6. The van der Waals surface area contributed by atoms with E-state index in [1.807, 2.05) is 10.6 Å². The molecule has 1 atom stereocenters. The van der Waals surface area contributed by atoms with Crippen LogP contribution >= 0.6 is 0 Å². The van der Waals surface area contributed by atoms with Crippen LogP contribution in [0.25, 0.3) is 11.3 Å². The minimum absolute atomic E-state index is 0.0319. The molecular weight excluding hydrogens is 376 g/mol. The highest BCUT2D eigenvalue weighted by atomic mass is 16.4. The minimum Gasteiger partial charge on any atom is -0.477 e. The second-order valence-corrected chi connectivity index (χ2v) is 9.39. The number of carboxylic acids is 1. The van der Waals surface area contributed by atoms with Crippen LogP contribution in [0.5, 0.6) is 0 Å². The molecule has 0 saturated carbocycles. The Hall–Kier alpha value is -2.82. The predicted molar refractivity (Wildman–Crippen MR) is 121 cm³/mol. The first-order valence-corrected chi connectivity index (χ1v) is 10.5. The molecule has 5 nitrogen and oxygen atoms in total. The smallest absolute Gasteiger partial charge is 0.341 e. The monoisotopic (exact) mass is 408 g/mol. The van der Waals surface area contributed by atoms with E-state index in [0.29, 0.717) is 0 Å². The van der Waals surface area contributed by atoms with E-state index in [-0.39, 0.29) is 17.0 Å². The van der Waals surface area contributed by atoms with Gasteiger partial charge in [0.05, 0.1) is 17.4 Å². The fourth-order valence-electron chi connectivity index (χ4n) is 4.44. The number of aromatic carboxylic acids is 1. The molecule has 1 aliphatic rings. The summed E-state index contributed by atoms with van der Waals surface area (Å²) in [6.45, 7) is 13.6. The predicted octanol–water partition coefficient (Wildman–Crippen LogP) is 3.12. The quantitative estimate of drug-likeness (QED) is 0.829. The standard InChI is InChI=1S/C25H32N2O3/c1-8-15(2)22-16(3)10-9-11-17(22)23-19-12-20(28)18(24(29)30)13-27(19)21(14-26(23)7)25(4,5)6/h9-13,21H,8,14H2,1-7H3,(H,29,30)/b22-15-,23-17-. The number of pyridine rings is 1. The number of benzene rings is 1. The first-order chi connectivity index (χ1) is 14.0. The van der Waals surface area contributed by atoms with Gasteiger partial charge in [-0.1, -0.05) is 51.5 Å². The maximum Gasteiger partial charge on any atom is 0.341 e.